The topological polar surface area (TPSA) is 86.9 Å². The second-order valence-electron chi connectivity index (χ2n) is 6.99. The number of amides is 1. The maximum atomic E-state index is 12.9. The Hall–Kier alpha value is -3.37. The summed E-state index contributed by atoms with van der Waals surface area (Å²) in [6, 6.07) is 3.91. The Bertz CT molecular complexity index is 1090. The Kier molecular flexibility index (Phi) is 4.96. The first-order valence-electron chi connectivity index (χ1n) is 9.27. The van der Waals surface area contributed by atoms with Crippen molar-refractivity contribution in [1.29, 1.82) is 0 Å². The fourth-order valence-electron chi connectivity index (χ4n) is 3.52. The first kappa shape index (κ1) is 19.9. The molecule has 158 valence electrons. The van der Waals surface area contributed by atoms with E-state index in [4.69, 9.17) is 4.74 Å². The summed E-state index contributed by atoms with van der Waals surface area (Å²) in [7, 11) is 2.83. The number of methoxy groups -OCH3 is 1. The van der Waals surface area contributed by atoms with Gasteiger partial charge in [-0.25, -0.2) is 9.67 Å². The molecule has 0 saturated carbocycles. The molecule has 0 aromatic carbocycles. The summed E-state index contributed by atoms with van der Waals surface area (Å²) in [5, 5.41) is 10.8. The molecule has 1 aliphatic rings. The van der Waals surface area contributed by atoms with Gasteiger partial charge < -0.3 is 10.1 Å². The number of nitrogens with one attached hydrogen (secondary N) is 1. The van der Waals surface area contributed by atoms with Crippen molar-refractivity contribution < 1.29 is 22.7 Å². The Morgan fingerprint density at radius 1 is 1.30 bits per heavy atom. The minimum Gasteiger partial charge on any atom is -0.481 e. The average molecular weight is 420 g/mol. The molecule has 0 saturated heterocycles. The van der Waals surface area contributed by atoms with Crippen molar-refractivity contribution in [2.75, 3.05) is 7.11 Å². The summed E-state index contributed by atoms with van der Waals surface area (Å²) >= 11 is 0. The molecule has 1 amide bonds. The van der Waals surface area contributed by atoms with Crippen LogP contribution >= 0.6 is 0 Å². The molecule has 3 heterocycles. The van der Waals surface area contributed by atoms with Gasteiger partial charge in [-0.1, -0.05) is 0 Å². The van der Waals surface area contributed by atoms with Gasteiger partial charge in [0.15, 0.2) is 5.69 Å². The summed E-state index contributed by atoms with van der Waals surface area (Å²) in [6.07, 6.45) is 1.02. The normalized spacial score (nSPS) is 16.2. The smallest absolute Gasteiger partial charge is 0.435 e. The molecule has 1 N–H and O–H groups in total. The van der Waals surface area contributed by atoms with Gasteiger partial charge in [-0.15, -0.1) is 0 Å². The molecule has 30 heavy (non-hydrogen) atoms. The van der Waals surface area contributed by atoms with E-state index in [1.54, 1.807) is 23.0 Å². The van der Waals surface area contributed by atoms with E-state index < -0.39 is 17.8 Å². The second-order valence-corrected chi connectivity index (χ2v) is 6.99. The van der Waals surface area contributed by atoms with Crippen molar-refractivity contribution >= 4 is 5.91 Å². The zero-order chi connectivity index (χ0) is 21.5. The Morgan fingerprint density at radius 2 is 2.10 bits per heavy atom. The van der Waals surface area contributed by atoms with E-state index in [-0.39, 0.29) is 11.7 Å². The molecule has 0 unspecified atom stereocenters. The van der Waals surface area contributed by atoms with E-state index >= 15 is 0 Å². The number of aryl methyl sites for hydroxylation is 2. The number of hydrogen-bond acceptors (Lipinski definition) is 5. The second kappa shape index (κ2) is 7.47. The van der Waals surface area contributed by atoms with Gasteiger partial charge in [0.05, 0.1) is 24.5 Å². The number of fused-ring (bicyclic) bond motifs is 1. The van der Waals surface area contributed by atoms with Crippen LogP contribution in [-0.2, 0) is 19.6 Å². The third kappa shape index (κ3) is 3.74. The molecule has 3 aromatic heterocycles. The number of hydrogen-bond donors (Lipinski definition) is 1. The highest BCUT2D eigenvalue weighted by atomic mass is 19.4. The fraction of sp³-hybridized carbons (Fsp3) is 0.368. The third-order valence-electron chi connectivity index (χ3n) is 5.01. The van der Waals surface area contributed by atoms with Crippen LogP contribution < -0.4 is 10.1 Å². The monoisotopic (exact) mass is 420 g/mol. The summed E-state index contributed by atoms with van der Waals surface area (Å²) in [5.41, 5.74) is 1.18. The number of alkyl halides is 3. The van der Waals surface area contributed by atoms with Gasteiger partial charge in [0, 0.05) is 37.1 Å². The predicted molar refractivity (Wildman–Crippen MR) is 99.3 cm³/mol. The van der Waals surface area contributed by atoms with Crippen LogP contribution in [0.15, 0.2) is 30.6 Å². The maximum Gasteiger partial charge on any atom is 0.435 e. The van der Waals surface area contributed by atoms with Crippen molar-refractivity contribution in [3.63, 3.8) is 0 Å². The van der Waals surface area contributed by atoms with Crippen LogP contribution in [0.25, 0.3) is 5.69 Å². The standard InChI is InChI=1S/C19H19F3N6O2/c1-27-15(9-16(26-27)19(20,21)22)18(29)24-13-4-3-5-14-12(13)10-28(25-14)11-6-7-23-17(8-11)30-2/h6-10,13H,3-5H2,1-2H3,(H,24,29)/t13-/m1/s1. The molecule has 0 aliphatic heterocycles. The number of rotatable bonds is 4. The van der Waals surface area contributed by atoms with Crippen LogP contribution in [0.1, 0.15) is 46.3 Å². The summed E-state index contributed by atoms with van der Waals surface area (Å²) < 4.78 is 46.4. The highest BCUT2D eigenvalue weighted by Gasteiger charge is 2.36. The highest BCUT2D eigenvalue weighted by Crippen LogP contribution is 2.31. The molecule has 4 rings (SSSR count). The Morgan fingerprint density at radius 3 is 2.80 bits per heavy atom. The van der Waals surface area contributed by atoms with Crippen molar-refractivity contribution in [1.82, 2.24) is 29.9 Å². The SMILES string of the molecule is COc1cc(-n2cc3c(n2)CCC[C@H]3NC(=O)c2cc(C(F)(F)F)nn2C)ccn1. The summed E-state index contributed by atoms with van der Waals surface area (Å²) in [4.78, 5) is 16.7. The maximum absolute atomic E-state index is 12.9. The number of aromatic nitrogens is 5. The van der Waals surface area contributed by atoms with Crippen LogP contribution in [0.3, 0.4) is 0 Å². The van der Waals surface area contributed by atoms with Gasteiger partial charge >= 0.3 is 6.18 Å². The van der Waals surface area contributed by atoms with Crippen LogP contribution in [-0.4, -0.2) is 37.6 Å². The van der Waals surface area contributed by atoms with Gasteiger partial charge in [0.2, 0.25) is 5.88 Å². The molecule has 3 aromatic rings. The lowest BCUT2D eigenvalue weighted by Gasteiger charge is -2.22. The zero-order valence-electron chi connectivity index (χ0n) is 16.3. The van der Waals surface area contributed by atoms with E-state index in [0.717, 1.165) is 40.5 Å². The van der Waals surface area contributed by atoms with E-state index in [2.05, 4.69) is 20.5 Å². The van der Waals surface area contributed by atoms with Crippen molar-refractivity contribution in [2.24, 2.45) is 7.05 Å². The zero-order valence-corrected chi connectivity index (χ0v) is 16.3. The van der Waals surface area contributed by atoms with E-state index in [1.807, 2.05) is 6.20 Å². The first-order chi connectivity index (χ1) is 14.3. The highest BCUT2D eigenvalue weighted by molar-refractivity contribution is 5.93. The number of carbonyl (C=O) groups is 1. The largest absolute Gasteiger partial charge is 0.481 e. The third-order valence-corrected chi connectivity index (χ3v) is 5.01. The van der Waals surface area contributed by atoms with Gasteiger partial charge in [-0.3, -0.25) is 9.48 Å². The summed E-state index contributed by atoms with van der Waals surface area (Å²) in [5.74, 6) is -0.167. The fourth-order valence-corrected chi connectivity index (χ4v) is 3.52. The minimum absolute atomic E-state index is 0.152. The Balaban J connectivity index is 1.59. The van der Waals surface area contributed by atoms with E-state index in [0.29, 0.717) is 12.3 Å². The van der Waals surface area contributed by atoms with Crippen molar-refractivity contribution in [2.45, 2.75) is 31.5 Å². The number of pyridine rings is 1. The van der Waals surface area contributed by atoms with Crippen molar-refractivity contribution in [3.8, 4) is 11.6 Å². The van der Waals surface area contributed by atoms with E-state index in [1.165, 1.54) is 14.2 Å². The number of ether oxygens (including phenoxy) is 1. The minimum atomic E-state index is -4.61. The van der Waals surface area contributed by atoms with Gasteiger partial charge in [0.1, 0.15) is 5.69 Å². The molecular formula is C19H19F3N6O2. The van der Waals surface area contributed by atoms with Gasteiger partial charge in [-0.2, -0.15) is 23.4 Å². The van der Waals surface area contributed by atoms with Crippen LogP contribution in [0.5, 0.6) is 5.88 Å². The lowest BCUT2D eigenvalue weighted by Crippen LogP contribution is -2.31. The average Bonchev–Trinajstić information content (AvgIpc) is 3.32. The van der Waals surface area contributed by atoms with Gasteiger partial charge in [-0.05, 0) is 25.3 Å². The van der Waals surface area contributed by atoms with Crippen LogP contribution in [0, 0.1) is 0 Å². The van der Waals surface area contributed by atoms with Crippen LogP contribution in [0.4, 0.5) is 13.2 Å². The lowest BCUT2D eigenvalue weighted by molar-refractivity contribution is -0.141. The molecule has 1 aliphatic carbocycles. The molecule has 11 heteroatoms. The van der Waals surface area contributed by atoms with Crippen LogP contribution in [0.2, 0.25) is 0 Å². The molecule has 0 spiro atoms. The molecule has 0 bridgehead atoms. The first-order valence-corrected chi connectivity index (χ1v) is 9.27. The molecular weight excluding hydrogens is 401 g/mol. The quantitative estimate of drug-likeness (QED) is 0.702. The van der Waals surface area contributed by atoms with Crippen molar-refractivity contribution in [3.05, 3.63) is 53.2 Å². The number of halogens is 3. The predicted octanol–water partition coefficient (Wildman–Crippen LogP) is 2.84. The van der Waals surface area contributed by atoms with E-state index in [9.17, 15) is 18.0 Å². The lowest BCUT2D eigenvalue weighted by atomic mass is 9.93. The number of nitrogens with zero attached hydrogens (tertiary/aromatic N) is 5. The number of carbonyl (C=O) groups excluding carboxylic acids is 1. The van der Waals surface area contributed by atoms with Gasteiger partial charge in [0.25, 0.3) is 5.91 Å². The Labute approximate surface area is 169 Å². The summed E-state index contributed by atoms with van der Waals surface area (Å²) in [6.45, 7) is 0. The molecule has 1 atom stereocenters. The molecule has 0 fully saturated rings. The molecule has 0 radical (unpaired) electrons. The molecule has 8 nitrogen and oxygen atoms in total.